The molecule has 0 bridgehead atoms. The first-order chi connectivity index (χ1) is 15.7. The minimum Gasteiger partial charge on any atom is -0.319 e. The molecule has 1 N–H and O–H groups in total. The van der Waals surface area contributed by atoms with E-state index in [0.29, 0.717) is 0 Å². The minimum absolute atomic E-state index is 0.00777. The summed E-state index contributed by atoms with van der Waals surface area (Å²) in [5, 5.41) is 2.90. The molecule has 4 rings (SSSR count). The molecular formula is C23H23Cl2F3N4O. The quantitative estimate of drug-likeness (QED) is 0.426. The number of carbonyl (C=O) groups is 1. The summed E-state index contributed by atoms with van der Waals surface area (Å²) in [5.41, 5.74) is -0.730. The zero-order chi connectivity index (χ0) is 23.8. The third kappa shape index (κ3) is 4.98. The van der Waals surface area contributed by atoms with Crippen LogP contribution in [0.5, 0.6) is 0 Å². The van der Waals surface area contributed by atoms with Gasteiger partial charge in [0.1, 0.15) is 0 Å². The maximum Gasteiger partial charge on any atom is 0.435 e. The Kier molecular flexibility index (Phi) is 6.88. The number of amides is 1. The number of fused-ring (bicyclic) bond motifs is 1. The first-order valence-electron chi connectivity index (χ1n) is 10.7. The number of carbonyl (C=O) groups excluding carboxylic acids is 1. The van der Waals surface area contributed by atoms with Gasteiger partial charge in [-0.3, -0.25) is 9.69 Å². The lowest BCUT2D eigenvalue weighted by Crippen LogP contribution is -2.33. The van der Waals surface area contributed by atoms with E-state index in [4.69, 9.17) is 23.2 Å². The number of hydrogen-bond acceptors (Lipinski definition) is 3. The van der Waals surface area contributed by atoms with E-state index in [2.05, 4.69) is 10.3 Å². The van der Waals surface area contributed by atoms with Crippen molar-refractivity contribution in [2.45, 2.75) is 50.9 Å². The number of imidazole rings is 1. The number of benzene rings is 1. The first kappa shape index (κ1) is 23.9. The number of nitrogens with zero attached hydrogens (tertiary/aromatic N) is 3. The van der Waals surface area contributed by atoms with Gasteiger partial charge in [-0.1, -0.05) is 48.5 Å². The van der Waals surface area contributed by atoms with Gasteiger partial charge in [-0.2, -0.15) is 13.2 Å². The Balaban J connectivity index is 1.72. The molecule has 0 saturated heterocycles. The molecule has 1 saturated carbocycles. The van der Waals surface area contributed by atoms with Crippen molar-refractivity contribution in [3.8, 4) is 0 Å². The Morgan fingerprint density at radius 1 is 1.15 bits per heavy atom. The number of hydrogen-bond donors (Lipinski definition) is 1. The van der Waals surface area contributed by atoms with Crippen LogP contribution in [-0.4, -0.2) is 33.3 Å². The van der Waals surface area contributed by atoms with Crippen LogP contribution in [0.4, 0.5) is 18.9 Å². The zero-order valence-electron chi connectivity index (χ0n) is 17.9. The summed E-state index contributed by atoms with van der Waals surface area (Å²) in [6.07, 6.45) is 2.14. The van der Waals surface area contributed by atoms with Crippen molar-refractivity contribution >= 4 is 40.4 Å². The van der Waals surface area contributed by atoms with Crippen LogP contribution in [0.3, 0.4) is 0 Å². The third-order valence-electron chi connectivity index (χ3n) is 6.05. The van der Waals surface area contributed by atoms with E-state index in [1.807, 2.05) is 11.9 Å². The molecule has 1 amide bonds. The topological polar surface area (TPSA) is 49.6 Å². The summed E-state index contributed by atoms with van der Waals surface area (Å²) in [6.45, 7) is 0.0917. The second kappa shape index (κ2) is 9.52. The van der Waals surface area contributed by atoms with Crippen LogP contribution in [0, 0.1) is 0 Å². The van der Waals surface area contributed by atoms with Crippen LogP contribution in [0.25, 0.3) is 5.65 Å². The number of halogens is 5. The molecule has 33 heavy (non-hydrogen) atoms. The Morgan fingerprint density at radius 2 is 1.82 bits per heavy atom. The van der Waals surface area contributed by atoms with Gasteiger partial charge in [-0.05, 0) is 44.2 Å². The molecule has 1 aliphatic rings. The SMILES string of the molecule is CN(Cc1c(C(F)(F)F)nc2c(NC(=O)c3c(Cl)cccc3Cl)cccn12)C1CCCCC1. The van der Waals surface area contributed by atoms with Crippen LogP contribution in [0.2, 0.25) is 10.0 Å². The number of anilines is 1. The monoisotopic (exact) mass is 498 g/mol. The van der Waals surface area contributed by atoms with Crippen molar-refractivity contribution in [3.05, 3.63) is 63.5 Å². The fraction of sp³-hybridized carbons (Fsp3) is 0.391. The Hall–Kier alpha value is -2.29. The fourth-order valence-corrected chi connectivity index (χ4v) is 4.95. The molecule has 0 atom stereocenters. The summed E-state index contributed by atoms with van der Waals surface area (Å²) in [5.74, 6) is -0.629. The van der Waals surface area contributed by atoms with Crippen LogP contribution in [0.15, 0.2) is 36.5 Å². The number of nitrogens with one attached hydrogen (secondary N) is 1. The lowest BCUT2D eigenvalue weighted by atomic mass is 9.94. The fourth-order valence-electron chi connectivity index (χ4n) is 4.38. The average Bonchev–Trinajstić information content (AvgIpc) is 3.14. The van der Waals surface area contributed by atoms with Crippen molar-refractivity contribution in [3.63, 3.8) is 0 Å². The lowest BCUT2D eigenvalue weighted by molar-refractivity contribution is -0.141. The molecule has 176 valence electrons. The predicted octanol–water partition coefficient (Wildman–Crippen LogP) is 6.68. The van der Waals surface area contributed by atoms with Crippen molar-refractivity contribution in [2.75, 3.05) is 12.4 Å². The maximum absolute atomic E-state index is 13.9. The van der Waals surface area contributed by atoms with Crippen molar-refractivity contribution in [1.29, 1.82) is 0 Å². The van der Waals surface area contributed by atoms with Gasteiger partial charge in [0.05, 0.1) is 27.0 Å². The molecule has 3 aromatic rings. The molecule has 2 heterocycles. The van der Waals surface area contributed by atoms with Crippen LogP contribution >= 0.6 is 23.2 Å². The lowest BCUT2D eigenvalue weighted by Gasteiger charge is -2.31. The highest BCUT2D eigenvalue weighted by Gasteiger charge is 2.39. The second-order valence-electron chi connectivity index (χ2n) is 8.28. The molecule has 0 aliphatic heterocycles. The van der Waals surface area contributed by atoms with Gasteiger partial charge in [0, 0.05) is 18.8 Å². The van der Waals surface area contributed by atoms with Gasteiger partial charge < -0.3 is 9.72 Å². The number of pyridine rings is 1. The summed E-state index contributed by atoms with van der Waals surface area (Å²) in [7, 11) is 1.85. The smallest absolute Gasteiger partial charge is 0.319 e. The van der Waals surface area contributed by atoms with Gasteiger partial charge in [-0.25, -0.2) is 4.98 Å². The summed E-state index contributed by atoms with van der Waals surface area (Å²) >= 11 is 12.2. The Bertz CT molecular complexity index is 1150. The standard InChI is InChI=1S/C23H23Cl2F3N4O/c1-31(14-7-3-2-4-8-14)13-18-20(23(26,27)28)30-21-17(11-6-12-32(18)21)29-22(33)19-15(24)9-5-10-16(19)25/h5-6,9-12,14H,2-4,7-8,13H2,1H3,(H,29,33). The molecule has 0 unspecified atom stereocenters. The highest BCUT2D eigenvalue weighted by molar-refractivity contribution is 6.40. The molecule has 1 fully saturated rings. The van der Waals surface area contributed by atoms with Crippen molar-refractivity contribution in [2.24, 2.45) is 0 Å². The van der Waals surface area contributed by atoms with Crippen molar-refractivity contribution in [1.82, 2.24) is 14.3 Å². The van der Waals surface area contributed by atoms with Gasteiger partial charge in [0.15, 0.2) is 11.3 Å². The number of rotatable bonds is 5. The Labute approximate surface area is 199 Å². The minimum atomic E-state index is -4.64. The van der Waals surface area contributed by atoms with Gasteiger partial charge in [-0.15, -0.1) is 0 Å². The maximum atomic E-state index is 13.9. The van der Waals surface area contributed by atoms with Crippen LogP contribution in [0.1, 0.15) is 53.8 Å². The average molecular weight is 499 g/mol. The molecular weight excluding hydrogens is 476 g/mol. The molecule has 2 aromatic heterocycles. The third-order valence-corrected chi connectivity index (χ3v) is 6.68. The molecule has 0 radical (unpaired) electrons. The molecule has 5 nitrogen and oxygen atoms in total. The number of alkyl halides is 3. The first-order valence-corrected chi connectivity index (χ1v) is 11.4. The van der Waals surface area contributed by atoms with E-state index in [1.54, 1.807) is 12.1 Å². The van der Waals surface area contributed by atoms with Gasteiger partial charge >= 0.3 is 6.18 Å². The van der Waals surface area contributed by atoms with Crippen molar-refractivity contribution < 1.29 is 18.0 Å². The normalized spacial score (nSPS) is 15.4. The zero-order valence-corrected chi connectivity index (χ0v) is 19.4. The van der Waals surface area contributed by atoms with E-state index >= 15 is 0 Å². The highest BCUT2D eigenvalue weighted by atomic mass is 35.5. The van der Waals surface area contributed by atoms with E-state index in [0.717, 1.165) is 32.1 Å². The van der Waals surface area contributed by atoms with E-state index in [1.165, 1.54) is 28.8 Å². The summed E-state index contributed by atoms with van der Waals surface area (Å²) in [6, 6.07) is 7.93. The van der Waals surface area contributed by atoms with Gasteiger partial charge in [0.25, 0.3) is 5.91 Å². The summed E-state index contributed by atoms with van der Waals surface area (Å²) < 4.78 is 43.2. The van der Waals surface area contributed by atoms with Crippen LogP contribution < -0.4 is 5.32 Å². The largest absolute Gasteiger partial charge is 0.435 e. The van der Waals surface area contributed by atoms with Gasteiger partial charge in [0.2, 0.25) is 0 Å². The molecule has 10 heteroatoms. The Morgan fingerprint density at radius 3 is 2.45 bits per heavy atom. The van der Waals surface area contributed by atoms with E-state index in [-0.39, 0.29) is 45.2 Å². The molecule has 1 aliphatic carbocycles. The highest BCUT2D eigenvalue weighted by Crippen LogP contribution is 2.35. The second-order valence-corrected chi connectivity index (χ2v) is 9.09. The van der Waals surface area contributed by atoms with Crippen LogP contribution in [-0.2, 0) is 12.7 Å². The predicted molar refractivity (Wildman–Crippen MR) is 123 cm³/mol. The molecule has 0 spiro atoms. The number of aromatic nitrogens is 2. The van der Waals surface area contributed by atoms with E-state index in [9.17, 15) is 18.0 Å². The molecule has 1 aromatic carbocycles. The van der Waals surface area contributed by atoms with E-state index < -0.39 is 17.8 Å². The summed E-state index contributed by atoms with van der Waals surface area (Å²) in [4.78, 5) is 18.7.